The van der Waals surface area contributed by atoms with Gasteiger partial charge < -0.3 is 20.9 Å². The number of hydrogen-bond donors (Lipinski definition) is 3. The molecule has 2 heterocycles. The van der Waals surface area contributed by atoms with Gasteiger partial charge >= 0.3 is 12.1 Å². The van der Waals surface area contributed by atoms with Crippen molar-refractivity contribution in [3.63, 3.8) is 0 Å². The minimum atomic E-state index is -5.08. The van der Waals surface area contributed by atoms with Crippen LogP contribution in [0.5, 0.6) is 5.75 Å². The first-order chi connectivity index (χ1) is 16.1. The predicted molar refractivity (Wildman–Crippen MR) is 115 cm³/mol. The highest BCUT2D eigenvalue weighted by Gasteiger charge is 2.38. The van der Waals surface area contributed by atoms with Crippen LogP contribution in [-0.2, 0) is 31.4 Å². The quantitative estimate of drug-likeness (QED) is 0.514. The number of carboxylic acid groups (broad SMARTS) is 1. The van der Waals surface area contributed by atoms with Crippen molar-refractivity contribution >= 4 is 11.9 Å². The smallest absolute Gasteiger partial charge is 0.490 e. The van der Waals surface area contributed by atoms with E-state index in [4.69, 9.17) is 20.4 Å². The number of halogens is 3. The number of aryl methyl sites for hydroxylation is 1. The summed E-state index contributed by atoms with van der Waals surface area (Å²) in [5, 5.41) is 17.8. The number of alkyl halides is 3. The summed E-state index contributed by atoms with van der Waals surface area (Å²) in [6.45, 7) is 1.36. The second-order valence-corrected chi connectivity index (χ2v) is 7.32. The average Bonchev–Trinajstić information content (AvgIpc) is 3.43. The van der Waals surface area contributed by atoms with Crippen LogP contribution in [0.4, 0.5) is 13.2 Å². The molecule has 1 aliphatic rings. The second kappa shape index (κ2) is 10.3. The number of rotatable bonds is 5. The van der Waals surface area contributed by atoms with Crippen molar-refractivity contribution in [1.29, 1.82) is 0 Å². The lowest BCUT2D eigenvalue weighted by atomic mass is 10.0. The largest absolute Gasteiger partial charge is 0.493 e. The topological polar surface area (TPSA) is 132 Å². The molecule has 12 heteroatoms. The molecule has 3 aromatic rings. The van der Waals surface area contributed by atoms with Crippen LogP contribution in [0, 0.1) is 0 Å². The molecule has 0 atom stereocenters. The molecule has 9 nitrogen and oxygen atoms in total. The number of fused-ring (bicyclic) bond motifs is 1. The van der Waals surface area contributed by atoms with Gasteiger partial charge in [0.15, 0.2) is 5.69 Å². The Bertz CT molecular complexity index is 1180. The SMILES string of the molecule is Cn1nnc(CN)c1C(=O)NCc1ccc(-c2ccc3c(c2)CCO3)cc1.O=C(O)C(F)(F)F. The Morgan fingerprint density at radius 2 is 1.82 bits per heavy atom. The first-order valence-electron chi connectivity index (χ1n) is 10.1. The van der Waals surface area contributed by atoms with Crippen molar-refractivity contribution < 1.29 is 32.6 Å². The molecule has 0 radical (unpaired) electrons. The molecule has 4 N–H and O–H groups in total. The maximum absolute atomic E-state index is 12.4. The number of aliphatic carboxylic acids is 1. The van der Waals surface area contributed by atoms with Crippen LogP contribution in [-0.4, -0.2) is 44.8 Å². The van der Waals surface area contributed by atoms with Crippen molar-refractivity contribution in [2.75, 3.05) is 6.61 Å². The van der Waals surface area contributed by atoms with Gasteiger partial charge in [0.05, 0.1) is 6.61 Å². The van der Waals surface area contributed by atoms with E-state index in [2.05, 4.69) is 39.9 Å². The molecule has 1 aliphatic heterocycles. The van der Waals surface area contributed by atoms with Gasteiger partial charge in [-0.1, -0.05) is 35.5 Å². The third kappa shape index (κ3) is 5.90. The molecule has 2 aromatic carbocycles. The summed E-state index contributed by atoms with van der Waals surface area (Å²) in [6, 6.07) is 14.5. The zero-order valence-corrected chi connectivity index (χ0v) is 18.1. The van der Waals surface area contributed by atoms with E-state index in [-0.39, 0.29) is 12.5 Å². The van der Waals surface area contributed by atoms with Crippen molar-refractivity contribution in [2.45, 2.75) is 25.7 Å². The molecular formula is C22H22F3N5O4. The lowest BCUT2D eigenvalue weighted by molar-refractivity contribution is -0.192. The lowest BCUT2D eigenvalue weighted by Crippen LogP contribution is -2.26. The van der Waals surface area contributed by atoms with Crippen LogP contribution in [0.15, 0.2) is 42.5 Å². The summed E-state index contributed by atoms with van der Waals surface area (Å²) in [7, 11) is 1.68. The Hall–Kier alpha value is -3.93. The maximum Gasteiger partial charge on any atom is 0.490 e. The molecule has 0 saturated carbocycles. The molecule has 0 fully saturated rings. The lowest BCUT2D eigenvalue weighted by Gasteiger charge is -2.08. The van der Waals surface area contributed by atoms with E-state index in [9.17, 15) is 18.0 Å². The highest BCUT2D eigenvalue weighted by molar-refractivity contribution is 5.93. The van der Waals surface area contributed by atoms with Crippen LogP contribution in [0.3, 0.4) is 0 Å². The average molecular weight is 477 g/mol. The molecule has 0 aliphatic carbocycles. The Morgan fingerprint density at radius 3 is 2.44 bits per heavy atom. The van der Waals surface area contributed by atoms with E-state index >= 15 is 0 Å². The Labute approximate surface area is 192 Å². The summed E-state index contributed by atoms with van der Waals surface area (Å²) in [5.41, 5.74) is 11.1. The van der Waals surface area contributed by atoms with Crippen LogP contribution in [0.25, 0.3) is 11.1 Å². The minimum absolute atomic E-state index is 0.178. The fourth-order valence-corrected chi connectivity index (χ4v) is 3.26. The second-order valence-electron chi connectivity index (χ2n) is 7.32. The van der Waals surface area contributed by atoms with Gasteiger partial charge in [-0.2, -0.15) is 13.2 Å². The monoisotopic (exact) mass is 477 g/mol. The van der Waals surface area contributed by atoms with E-state index in [0.29, 0.717) is 17.9 Å². The standard InChI is InChI=1S/C20H21N5O2.C2HF3O2/c1-25-19(17(11-21)23-24-25)20(26)22-12-13-2-4-14(5-3-13)15-6-7-18-16(10-15)8-9-27-18;3-2(4,5)1(6)7/h2-7,10H,8-9,11-12,21H2,1H3,(H,22,26);(H,6,7). The third-order valence-electron chi connectivity index (χ3n) is 4.98. The summed E-state index contributed by atoms with van der Waals surface area (Å²) in [4.78, 5) is 21.3. The van der Waals surface area contributed by atoms with Gasteiger partial charge in [-0.25, -0.2) is 9.48 Å². The number of carbonyl (C=O) groups excluding carboxylic acids is 1. The Morgan fingerprint density at radius 1 is 1.18 bits per heavy atom. The summed E-state index contributed by atoms with van der Waals surface area (Å²) in [5.74, 6) is -2.00. The molecule has 1 amide bonds. The number of hydrogen-bond acceptors (Lipinski definition) is 6. The number of carbonyl (C=O) groups is 2. The van der Waals surface area contributed by atoms with Gasteiger partial charge in [-0.05, 0) is 34.4 Å². The summed E-state index contributed by atoms with van der Waals surface area (Å²) in [6.07, 6.45) is -4.12. The molecule has 4 rings (SSSR count). The van der Waals surface area contributed by atoms with E-state index in [1.54, 1.807) is 7.05 Å². The zero-order chi connectivity index (χ0) is 24.9. The fourth-order valence-electron chi connectivity index (χ4n) is 3.26. The number of nitrogens with two attached hydrogens (primary N) is 1. The van der Waals surface area contributed by atoms with Crippen molar-refractivity contribution in [1.82, 2.24) is 20.3 Å². The van der Waals surface area contributed by atoms with Crippen molar-refractivity contribution in [3.05, 3.63) is 65.0 Å². The van der Waals surface area contributed by atoms with Gasteiger partial charge in [-0.3, -0.25) is 4.79 Å². The number of nitrogens with zero attached hydrogens (tertiary/aromatic N) is 3. The molecule has 1 aromatic heterocycles. The third-order valence-corrected chi connectivity index (χ3v) is 4.98. The normalized spacial score (nSPS) is 12.3. The number of amides is 1. The molecule has 0 bridgehead atoms. The molecule has 0 spiro atoms. The fraction of sp³-hybridized carbons (Fsp3) is 0.273. The molecule has 180 valence electrons. The first-order valence-corrected chi connectivity index (χ1v) is 10.1. The highest BCUT2D eigenvalue weighted by atomic mass is 19.4. The van der Waals surface area contributed by atoms with Gasteiger partial charge in [0.1, 0.15) is 11.4 Å². The number of nitrogens with one attached hydrogen (secondary N) is 1. The van der Waals surface area contributed by atoms with Gasteiger partial charge in [0.25, 0.3) is 5.91 Å². The van der Waals surface area contributed by atoms with Crippen LogP contribution < -0.4 is 15.8 Å². The number of ether oxygens (including phenoxy) is 1. The predicted octanol–water partition coefficient (Wildman–Crippen LogP) is 2.44. The zero-order valence-electron chi connectivity index (χ0n) is 18.1. The Kier molecular flexibility index (Phi) is 7.51. The van der Waals surface area contributed by atoms with Gasteiger partial charge in [-0.15, -0.1) is 5.10 Å². The summed E-state index contributed by atoms with van der Waals surface area (Å²) < 4.78 is 38.7. The molecular weight excluding hydrogens is 455 g/mol. The first kappa shape index (κ1) is 24.7. The van der Waals surface area contributed by atoms with Crippen molar-refractivity contribution in [3.8, 4) is 16.9 Å². The Balaban J connectivity index is 0.000000406. The number of benzene rings is 2. The van der Waals surface area contributed by atoms with Crippen LogP contribution >= 0.6 is 0 Å². The van der Waals surface area contributed by atoms with E-state index in [1.165, 1.54) is 15.8 Å². The van der Waals surface area contributed by atoms with E-state index in [0.717, 1.165) is 29.9 Å². The molecule has 0 unspecified atom stereocenters. The van der Waals surface area contributed by atoms with Crippen LogP contribution in [0.2, 0.25) is 0 Å². The molecule has 34 heavy (non-hydrogen) atoms. The highest BCUT2D eigenvalue weighted by Crippen LogP contribution is 2.30. The van der Waals surface area contributed by atoms with Crippen molar-refractivity contribution in [2.24, 2.45) is 12.8 Å². The minimum Gasteiger partial charge on any atom is -0.493 e. The van der Waals surface area contributed by atoms with Gasteiger partial charge in [0, 0.05) is 26.6 Å². The molecule has 0 saturated heterocycles. The van der Waals surface area contributed by atoms with E-state index < -0.39 is 12.1 Å². The number of carboxylic acids is 1. The van der Waals surface area contributed by atoms with Gasteiger partial charge in [0.2, 0.25) is 0 Å². The van der Waals surface area contributed by atoms with E-state index in [1.807, 2.05) is 18.2 Å². The maximum atomic E-state index is 12.4. The number of aromatic nitrogens is 3. The summed E-state index contributed by atoms with van der Waals surface area (Å²) >= 11 is 0. The van der Waals surface area contributed by atoms with Crippen LogP contribution in [0.1, 0.15) is 27.3 Å².